The number of aliphatic imine (C=N–C) groups is 1. The van der Waals surface area contributed by atoms with Gasteiger partial charge in [0.25, 0.3) is 0 Å². The van der Waals surface area contributed by atoms with E-state index in [0.717, 1.165) is 36.6 Å². The predicted molar refractivity (Wildman–Crippen MR) is 107 cm³/mol. The molecule has 0 saturated heterocycles. The second kappa shape index (κ2) is 9.14. The lowest BCUT2D eigenvalue weighted by Gasteiger charge is -2.26. The monoisotopic (exact) mass is 388 g/mol. The molecule has 3 rings (SSSR count). The first-order valence-corrected chi connectivity index (χ1v) is 9.69. The predicted octanol–water partition coefficient (Wildman–Crippen LogP) is 2.41. The molecule has 1 aromatic heterocycles. The van der Waals surface area contributed by atoms with Gasteiger partial charge in [-0.3, -0.25) is 4.99 Å². The highest BCUT2D eigenvalue weighted by Gasteiger charge is 2.23. The van der Waals surface area contributed by atoms with Crippen LogP contribution in [0.5, 0.6) is 0 Å². The van der Waals surface area contributed by atoms with E-state index in [1.807, 2.05) is 4.68 Å². The zero-order valence-electron chi connectivity index (χ0n) is 16.9. The fourth-order valence-electron chi connectivity index (χ4n) is 3.28. The second-order valence-electron chi connectivity index (χ2n) is 7.33. The Hall–Kier alpha value is -2.48. The number of nitrogens with zero attached hydrogens (tertiary/aromatic N) is 4. The Morgan fingerprint density at radius 1 is 1.36 bits per heavy atom. The average molecular weight is 388 g/mol. The number of halogens is 1. The molecule has 2 aromatic rings. The molecule has 28 heavy (non-hydrogen) atoms. The van der Waals surface area contributed by atoms with E-state index >= 15 is 0 Å². The topological polar surface area (TPSA) is 76.4 Å². The van der Waals surface area contributed by atoms with E-state index in [4.69, 9.17) is 4.74 Å². The summed E-state index contributed by atoms with van der Waals surface area (Å²) >= 11 is 0. The highest BCUT2D eigenvalue weighted by Crippen LogP contribution is 2.18. The number of nitrogens with one attached hydrogen (secondary N) is 2. The van der Waals surface area contributed by atoms with Crippen LogP contribution in [0.3, 0.4) is 0 Å². The van der Waals surface area contributed by atoms with E-state index in [0.29, 0.717) is 18.4 Å². The molecule has 0 spiro atoms. The molecule has 0 aliphatic carbocycles. The van der Waals surface area contributed by atoms with Gasteiger partial charge in [-0.2, -0.15) is 5.10 Å². The number of hydrogen-bond donors (Lipinski definition) is 2. The van der Waals surface area contributed by atoms with E-state index in [1.165, 1.54) is 12.1 Å². The van der Waals surface area contributed by atoms with E-state index in [-0.39, 0.29) is 18.0 Å². The van der Waals surface area contributed by atoms with Gasteiger partial charge in [0.2, 0.25) is 0 Å². The van der Waals surface area contributed by atoms with Gasteiger partial charge in [0.05, 0.1) is 12.6 Å². The summed E-state index contributed by atoms with van der Waals surface area (Å²) in [6, 6.07) is 6.59. The van der Waals surface area contributed by atoms with Crippen LogP contribution in [0.4, 0.5) is 4.39 Å². The normalized spacial score (nSPS) is 18.1. The van der Waals surface area contributed by atoms with E-state index in [9.17, 15) is 4.39 Å². The molecule has 0 fully saturated rings. The number of rotatable bonds is 6. The van der Waals surface area contributed by atoms with Crippen LogP contribution in [0.25, 0.3) is 0 Å². The number of hydrogen-bond acceptors (Lipinski definition) is 4. The van der Waals surface area contributed by atoms with Crippen molar-refractivity contribution in [1.82, 2.24) is 25.4 Å². The maximum absolute atomic E-state index is 13.1. The number of guanidine groups is 1. The molecular weight excluding hydrogens is 359 g/mol. The van der Waals surface area contributed by atoms with Gasteiger partial charge in [-0.05, 0) is 24.1 Å². The van der Waals surface area contributed by atoms with Gasteiger partial charge >= 0.3 is 0 Å². The van der Waals surface area contributed by atoms with Crippen LogP contribution >= 0.6 is 0 Å². The molecule has 8 heteroatoms. The number of fused-ring (bicyclic) bond motifs is 1. The average Bonchev–Trinajstić information content (AvgIpc) is 3.12. The summed E-state index contributed by atoms with van der Waals surface area (Å²) in [5.41, 5.74) is 0.915. The van der Waals surface area contributed by atoms with Crippen LogP contribution in [0.15, 0.2) is 29.3 Å². The molecule has 7 nitrogen and oxygen atoms in total. The van der Waals surface area contributed by atoms with Crippen LogP contribution in [0, 0.1) is 5.82 Å². The quantitative estimate of drug-likeness (QED) is 0.587. The Morgan fingerprint density at radius 3 is 2.75 bits per heavy atom. The Labute approximate surface area is 165 Å². The zero-order valence-corrected chi connectivity index (χ0v) is 16.9. The zero-order chi connectivity index (χ0) is 20.1. The van der Waals surface area contributed by atoms with Crippen molar-refractivity contribution < 1.29 is 9.13 Å². The third kappa shape index (κ3) is 4.86. The Kier molecular flexibility index (Phi) is 6.61. The van der Waals surface area contributed by atoms with Crippen LogP contribution in [0.1, 0.15) is 49.5 Å². The molecule has 1 aliphatic heterocycles. The lowest BCUT2D eigenvalue weighted by molar-refractivity contribution is 0.106. The van der Waals surface area contributed by atoms with Crippen molar-refractivity contribution in [2.75, 3.05) is 20.7 Å². The first-order chi connectivity index (χ1) is 13.5. The minimum atomic E-state index is -0.255. The van der Waals surface area contributed by atoms with Gasteiger partial charge in [-0.1, -0.05) is 26.0 Å². The molecule has 152 valence electrons. The van der Waals surface area contributed by atoms with Gasteiger partial charge in [0.15, 0.2) is 11.8 Å². The van der Waals surface area contributed by atoms with Gasteiger partial charge in [-0.15, -0.1) is 0 Å². The summed E-state index contributed by atoms with van der Waals surface area (Å²) < 4.78 is 20.7. The third-order valence-electron chi connectivity index (χ3n) is 4.94. The van der Waals surface area contributed by atoms with Crippen molar-refractivity contribution >= 4 is 5.96 Å². The van der Waals surface area contributed by atoms with E-state index < -0.39 is 0 Å². The number of benzene rings is 1. The SMILES string of the molecule is CN=C(NCC(OC)c1ccc(F)cc1)NC1CCc2nc(C(C)C)nn2C1. The van der Waals surface area contributed by atoms with Crippen molar-refractivity contribution in [2.24, 2.45) is 4.99 Å². The standard InChI is InChI=1S/C20H29FN6O/c1-13(2)19-25-18-10-9-16(12-27(18)26-19)24-20(22-3)23-11-17(28-4)14-5-7-15(21)8-6-14/h5-8,13,16-17H,9-12H2,1-4H3,(H2,22,23,24). The summed E-state index contributed by atoms with van der Waals surface area (Å²) in [6.45, 7) is 5.51. The van der Waals surface area contributed by atoms with Crippen molar-refractivity contribution in [1.29, 1.82) is 0 Å². The summed E-state index contributed by atoms with van der Waals surface area (Å²) in [6.07, 6.45) is 1.67. The van der Waals surface area contributed by atoms with Gasteiger partial charge in [0.1, 0.15) is 11.6 Å². The minimum absolute atomic E-state index is 0.193. The first kappa shape index (κ1) is 20.3. The van der Waals surface area contributed by atoms with Crippen LogP contribution in [-0.2, 0) is 17.7 Å². The molecule has 0 saturated carbocycles. The molecule has 2 atom stereocenters. The molecular formula is C20H29FN6O. The van der Waals surface area contributed by atoms with Crippen LogP contribution in [0.2, 0.25) is 0 Å². The van der Waals surface area contributed by atoms with Crippen molar-refractivity contribution in [3.8, 4) is 0 Å². The van der Waals surface area contributed by atoms with Crippen LogP contribution < -0.4 is 10.6 Å². The smallest absolute Gasteiger partial charge is 0.191 e. The fraction of sp³-hybridized carbons (Fsp3) is 0.550. The van der Waals surface area contributed by atoms with Crippen molar-refractivity contribution in [2.45, 2.75) is 51.3 Å². The molecule has 0 radical (unpaired) electrons. The maximum atomic E-state index is 13.1. The number of aryl methyl sites for hydroxylation is 1. The molecule has 2 N–H and O–H groups in total. The minimum Gasteiger partial charge on any atom is -0.375 e. The molecule has 1 aliphatic rings. The summed E-state index contributed by atoms with van der Waals surface area (Å²) in [4.78, 5) is 8.95. The van der Waals surface area contributed by atoms with Crippen LogP contribution in [-0.4, -0.2) is 47.5 Å². The van der Waals surface area contributed by atoms with E-state index in [2.05, 4.69) is 39.6 Å². The number of aromatic nitrogens is 3. The first-order valence-electron chi connectivity index (χ1n) is 9.69. The lowest BCUT2D eigenvalue weighted by Crippen LogP contribution is -2.48. The lowest BCUT2D eigenvalue weighted by atomic mass is 10.1. The van der Waals surface area contributed by atoms with Gasteiger partial charge < -0.3 is 15.4 Å². The summed E-state index contributed by atoms with van der Waals surface area (Å²) in [5, 5.41) is 11.4. The Bertz CT molecular complexity index is 802. The van der Waals surface area contributed by atoms with E-state index in [1.54, 1.807) is 26.3 Å². The summed E-state index contributed by atoms with van der Waals surface area (Å²) in [7, 11) is 3.39. The number of ether oxygens (including phenoxy) is 1. The molecule has 0 amide bonds. The Morgan fingerprint density at radius 2 is 2.11 bits per heavy atom. The number of methoxy groups -OCH3 is 1. The molecule has 0 bridgehead atoms. The van der Waals surface area contributed by atoms with Crippen molar-refractivity contribution in [3.05, 3.63) is 47.3 Å². The van der Waals surface area contributed by atoms with Gasteiger partial charge in [-0.25, -0.2) is 14.1 Å². The molecule has 1 aromatic carbocycles. The highest BCUT2D eigenvalue weighted by atomic mass is 19.1. The second-order valence-corrected chi connectivity index (χ2v) is 7.33. The largest absolute Gasteiger partial charge is 0.375 e. The maximum Gasteiger partial charge on any atom is 0.191 e. The van der Waals surface area contributed by atoms with Gasteiger partial charge in [0, 0.05) is 39.1 Å². The van der Waals surface area contributed by atoms with Crippen molar-refractivity contribution in [3.63, 3.8) is 0 Å². The molecule has 2 heterocycles. The highest BCUT2D eigenvalue weighted by molar-refractivity contribution is 5.80. The fourth-order valence-corrected chi connectivity index (χ4v) is 3.28. The Balaban J connectivity index is 1.56. The molecule has 2 unspecified atom stereocenters. The third-order valence-corrected chi connectivity index (χ3v) is 4.94. The summed E-state index contributed by atoms with van der Waals surface area (Å²) in [5.74, 6) is 2.74.